The van der Waals surface area contributed by atoms with Crippen LogP contribution >= 0.6 is 11.3 Å². The first-order chi connectivity index (χ1) is 7.16. The highest BCUT2D eigenvalue weighted by molar-refractivity contribution is 7.19. The summed E-state index contributed by atoms with van der Waals surface area (Å²) >= 11 is 1.68. The number of nitrogens with one attached hydrogen (secondary N) is 1. The highest BCUT2D eigenvalue weighted by Gasteiger charge is 2.10. The van der Waals surface area contributed by atoms with E-state index in [1.807, 2.05) is 19.1 Å². The lowest BCUT2D eigenvalue weighted by atomic mass is 10.2. The normalized spacial score (nSPS) is 12.6. The zero-order valence-electron chi connectivity index (χ0n) is 8.36. The van der Waals surface area contributed by atoms with Crippen molar-refractivity contribution in [1.82, 2.24) is 5.32 Å². The summed E-state index contributed by atoms with van der Waals surface area (Å²) in [6, 6.07) is 9.72. The maximum atomic E-state index is 10.7. The summed E-state index contributed by atoms with van der Waals surface area (Å²) in [5.41, 5.74) is 5.08. The molecule has 0 fully saturated rings. The van der Waals surface area contributed by atoms with E-state index in [2.05, 4.69) is 23.5 Å². The van der Waals surface area contributed by atoms with Gasteiger partial charge in [-0.25, -0.2) is 4.79 Å². The van der Waals surface area contributed by atoms with Crippen molar-refractivity contribution in [1.29, 1.82) is 0 Å². The molecule has 3 N–H and O–H groups in total. The fourth-order valence-electron chi connectivity index (χ4n) is 1.50. The van der Waals surface area contributed by atoms with E-state index in [0.29, 0.717) is 0 Å². The number of rotatable bonds is 2. The van der Waals surface area contributed by atoms with Gasteiger partial charge in [0.1, 0.15) is 0 Å². The number of amides is 2. The lowest BCUT2D eigenvalue weighted by Crippen LogP contribution is -2.31. The van der Waals surface area contributed by atoms with E-state index >= 15 is 0 Å². The molecule has 0 spiro atoms. The topological polar surface area (TPSA) is 55.1 Å². The summed E-state index contributed by atoms with van der Waals surface area (Å²) in [6.45, 7) is 1.93. The van der Waals surface area contributed by atoms with Crippen LogP contribution in [0.2, 0.25) is 0 Å². The van der Waals surface area contributed by atoms with Crippen LogP contribution in [-0.4, -0.2) is 6.03 Å². The van der Waals surface area contributed by atoms with Gasteiger partial charge in [0.05, 0.1) is 6.04 Å². The second-order valence-electron chi connectivity index (χ2n) is 3.42. The average molecular weight is 220 g/mol. The van der Waals surface area contributed by atoms with Crippen molar-refractivity contribution in [2.75, 3.05) is 0 Å². The van der Waals surface area contributed by atoms with Gasteiger partial charge >= 0.3 is 6.03 Å². The molecule has 78 valence electrons. The number of hydrogen-bond acceptors (Lipinski definition) is 2. The molecule has 0 aliphatic carbocycles. The van der Waals surface area contributed by atoms with Crippen molar-refractivity contribution < 1.29 is 4.79 Å². The Morgan fingerprint density at radius 2 is 2.20 bits per heavy atom. The quantitative estimate of drug-likeness (QED) is 0.803. The molecule has 15 heavy (non-hydrogen) atoms. The van der Waals surface area contributed by atoms with E-state index in [1.54, 1.807) is 11.3 Å². The maximum Gasteiger partial charge on any atom is 0.312 e. The van der Waals surface area contributed by atoms with Crippen molar-refractivity contribution in [3.8, 4) is 0 Å². The number of carbonyl (C=O) groups is 1. The van der Waals surface area contributed by atoms with Crippen LogP contribution in [0.1, 0.15) is 17.8 Å². The second-order valence-corrected chi connectivity index (χ2v) is 4.53. The highest BCUT2D eigenvalue weighted by atomic mass is 32.1. The monoisotopic (exact) mass is 220 g/mol. The molecule has 1 atom stereocenters. The van der Waals surface area contributed by atoms with Crippen molar-refractivity contribution in [3.05, 3.63) is 35.2 Å². The van der Waals surface area contributed by atoms with Crippen LogP contribution in [0, 0.1) is 0 Å². The molecule has 1 unspecified atom stereocenters. The Kier molecular flexibility index (Phi) is 2.60. The molecule has 0 aliphatic heterocycles. The van der Waals surface area contributed by atoms with Crippen LogP contribution in [0.5, 0.6) is 0 Å². The van der Waals surface area contributed by atoms with Crippen LogP contribution in [0.4, 0.5) is 4.79 Å². The lowest BCUT2D eigenvalue weighted by molar-refractivity contribution is 0.246. The minimum absolute atomic E-state index is 0.0279. The van der Waals surface area contributed by atoms with Crippen molar-refractivity contribution >= 4 is 27.5 Å². The first-order valence-corrected chi connectivity index (χ1v) is 5.53. The van der Waals surface area contributed by atoms with Gasteiger partial charge in [-0.1, -0.05) is 18.2 Å². The summed E-state index contributed by atoms with van der Waals surface area (Å²) < 4.78 is 1.23. The zero-order valence-corrected chi connectivity index (χ0v) is 9.17. The van der Waals surface area contributed by atoms with Crippen LogP contribution in [0.15, 0.2) is 30.3 Å². The number of thiophene rings is 1. The van der Waals surface area contributed by atoms with Crippen LogP contribution in [0.25, 0.3) is 10.1 Å². The van der Waals surface area contributed by atoms with E-state index in [1.165, 1.54) is 10.1 Å². The molecule has 2 aromatic rings. The summed E-state index contributed by atoms with van der Waals surface area (Å²) in [6.07, 6.45) is 0. The molecule has 0 radical (unpaired) electrons. The number of fused-ring (bicyclic) bond motifs is 1. The fraction of sp³-hybridized carbons (Fsp3) is 0.182. The minimum atomic E-state index is -0.486. The third kappa shape index (κ3) is 2.10. The predicted molar refractivity (Wildman–Crippen MR) is 63.0 cm³/mol. The van der Waals surface area contributed by atoms with Crippen molar-refractivity contribution in [2.45, 2.75) is 13.0 Å². The molecule has 0 saturated heterocycles. The molecule has 2 amide bonds. The second kappa shape index (κ2) is 3.90. The Balaban J connectivity index is 2.32. The van der Waals surface area contributed by atoms with E-state index in [4.69, 9.17) is 5.73 Å². The minimum Gasteiger partial charge on any atom is -0.352 e. The third-order valence-electron chi connectivity index (χ3n) is 2.23. The summed E-state index contributed by atoms with van der Waals surface area (Å²) in [7, 11) is 0. The first-order valence-electron chi connectivity index (χ1n) is 4.71. The van der Waals surface area contributed by atoms with Gasteiger partial charge in [0.2, 0.25) is 0 Å². The van der Waals surface area contributed by atoms with Gasteiger partial charge in [-0.05, 0) is 24.4 Å². The van der Waals surface area contributed by atoms with Gasteiger partial charge in [-0.2, -0.15) is 0 Å². The van der Waals surface area contributed by atoms with Gasteiger partial charge in [0, 0.05) is 9.58 Å². The Bertz CT molecular complexity index is 459. The molecule has 1 aromatic heterocycles. The summed E-state index contributed by atoms with van der Waals surface area (Å²) in [5, 5.41) is 3.87. The molecular formula is C11H12N2OS. The molecule has 0 saturated carbocycles. The zero-order chi connectivity index (χ0) is 10.8. The molecule has 0 bridgehead atoms. The summed E-state index contributed by atoms with van der Waals surface area (Å²) in [4.78, 5) is 11.8. The molecule has 1 aromatic carbocycles. The molecule has 4 heteroatoms. The Labute approximate surface area is 91.9 Å². The van der Waals surface area contributed by atoms with E-state index in [-0.39, 0.29) is 6.04 Å². The van der Waals surface area contributed by atoms with Gasteiger partial charge in [-0.3, -0.25) is 0 Å². The maximum absolute atomic E-state index is 10.7. The molecule has 3 nitrogen and oxygen atoms in total. The summed E-state index contributed by atoms with van der Waals surface area (Å²) in [5.74, 6) is 0. The average Bonchev–Trinajstić information content (AvgIpc) is 2.59. The van der Waals surface area contributed by atoms with Crippen LogP contribution < -0.4 is 11.1 Å². The largest absolute Gasteiger partial charge is 0.352 e. The smallest absolute Gasteiger partial charge is 0.312 e. The van der Waals surface area contributed by atoms with Crippen LogP contribution in [0.3, 0.4) is 0 Å². The Morgan fingerprint density at radius 3 is 2.87 bits per heavy atom. The van der Waals surface area contributed by atoms with E-state index in [9.17, 15) is 4.79 Å². The molecule has 1 heterocycles. The standard InChI is InChI=1S/C11H12N2OS/c1-7(13-11(12)14)10-6-8-4-2-3-5-9(8)15-10/h2-7H,1H3,(H3,12,13,14). The molecule has 0 aliphatic rings. The molecular weight excluding hydrogens is 208 g/mol. The number of urea groups is 1. The number of nitrogens with two attached hydrogens (primary N) is 1. The van der Waals surface area contributed by atoms with Gasteiger partial charge in [0.15, 0.2) is 0 Å². The predicted octanol–water partition coefficient (Wildman–Crippen LogP) is 2.63. The van der Waals surface area contributed by atoms with E-state index < -0.39 is 6.03 Å². The Morgan fingerprint density at radius 1 is 1.47 bits per heavy atom. The van der Waals surface area contributed by atoms with Crippen molar-refractivity contribution in [2.24, 2.45) is 5.73 Å². The number of primary amides is 1. The fourth-order valence-corrected chi connectivity index (χ4v) is 2.57. The SMILES string of the molecule is CC(NC(N)=O)c1cc2ccccc2s1. The van der Waals surface area contributed by atoms with Gasteiger partial charge in [-0.15, -0.1) is 11.3 Å². The highest BCUT2D eigenvalue weighted by Crippen LogP contribution is 2.29. The van der Waals surface area contributed by atoms with E-state index in [0.717, 1.165) is 4.88 Å². The first kappa shape index (κ1) is 9.98. The Hall–Kier alpha value is -1.55. The number of benzene rings is 1. The van der Waals surface area contributed by atoms with Gasteiger partial charge in [0.25, 0.3) is 0 Å². The number of carbonyl (C=O) groups excluding carboxylic acids is 1. The van der Waals surface area contributed by atoms with Gasteiger partial charge < -0.3 is 11.1 Å². The number of hydrogen-bond donors (Lipinski definition) is 2. The lowest BCUT2D eigenvalue weighted by Gasteiger charge is -2.08. The molecule has 2 rings (SSSR count). The van der Waals surface area contributed by atoms with Crippen LogP contribution in [-0.2, 0) is 0 Å². The third-order valence-corrected chi connectivity index (χ3v) is 3.53. The van der Waals surface area contributed by atoms with Crippen molar-refractivity contribution in [3.63, 3.8) is 0 Å².